The van der Waals surface area contributed by atoms with Gasteiger partial charge in [-0.1, -0.05) is 48.5 Å². The van der Waals surface area contributed by atoms with Crippen molar-refractivity contribution in [1.82, 2.24) is 0 Å². The van der Waals surface area contributed by atoms with Crippen LogP contribution in [-0.4, -0.2) is 6.41 Å². The molecule has 0 aliphatic heterocycles. The number of benzene rings is 2. The van der Waals surface area contributed by atoms with Crippen molar-refractivity contribution in [3.8, 4) is 11.1 Å². The summed E-state index contributed by atoms with van der Waals surface area (Å²) in [4.78, 5) is 10.6. The fraction of sp³-hybridized carbons (Fsp3) is 0.0714. The zero-order valence-corrected chi connectivity index (χ0v) is 9.10. The van der Waals surface area contributed by atoms with Gasteiger partial charge in [-0.3, -0.25) is 4.79 Å². The molecule has 2 nitrogen and oxygen atoms in total. The number of hydrogen-bond acceptors (Lipinski definition) is 1. The average molecular weight is 211 g/mol. The largest absolute Gasteiger partial charge is 0.328 e. The number of rotatable bonds is 3. The summed E-state index contributed by atoms with van der Waals surface area (Å²) in [5, 5.41) is 2.76. The molecule has 2 aromatic carbocycles. The van der Waals surface area contributed by atoms with Crippen LogP contribution in [-0.2, 0) is 4.79 Å². The number of carbonyl (C=O) groups excluding carboxylic acids is 1. The normalized spacial score (nSPS) is 9.81. The van der Waals surface area contributed by atoms with E-state index in [0.29, 0.717) is 0 Å². The second-order valence-electron chi connectivity index (χ2n) is 3.63. The number of para-hydroxylation sites is 1. The van der Waals surface area contributed by atoms with Gasteiger partial charge in [0.15, 0.2) is 0 Å². The summed E-state index contributed by atoms with van der Waals surface area (Å²) in [5.74, 6) is 0. The summed E-state index contributed by atoms with van der Waals surface area (Å²) >= 11 is 0. The Morgan fingerprint density at radius 1 is 1.00 bits per heavy atom. The first kappa shape index (κ1) is 10.4. The van der Waals surface area contributed by atoms with Crippen molar-refractivity contribution in [2.75, 3.05) is 5.32 Å². The van der Waals surface area contributed by atoms with E-state index in [1.807, 2.05) is 55.5 Å². The summed E-state index contributed by atoms with van der Waals surface area (Å²) < 4.78 is 0. The number of carbonyl (C=O) groups is 1. The molecule has 2 rings (SSSR count). The zero-order chi connectivity index (χ0) is 11.4. The smallest absolute Gasteiger partial charge is 0.211 e. The van der Waals surface area contributed by atoms with E-state index < -0.39 is 0 Å². The van der Waals surface area contributed by atoms with Crippen LogP contribution in [0.1, 0.15) is 5.56 Å². The van der Waals surface area contributed by atoms with E-state index in [4.69, 9.17) is 0 Å². The predicted octanol–water partition coefficient (Wildman–Crippen LogP) is 3.23. The van der Waals surface area contributed by atoms with Gasteiger partial charge in [0.05, 0.1) is 5.69 Å². The first-order chi connectivity index (χ1) is 7.83. The highest BCUT2D eigenvalue weighted by Gasteiger charge is 2.05. The Balaban J connectivity index is 2.56. The molecule has 0 atom stereocenters. The van der Waals surface area contributed by atoms with Gasteiger partial charge in [-0.15, -0.1) is 0 Å². The number of aryl methyl sites for hydroxylation is 1. The van der Waals surface area contributed by atoms with Crippen LogP contribution in [0.2, 0.25) is 0 Å². The molecule has 0 aliphatic rings. The fourth-order valence-corrected chi connectivity index (χ4v) is 1.78. The second kappa shape index (κ2) is 4.62. The van der Waals surface area contributed by atoms with Crippen LogP contribution in [0.4, 0.5) is 5.69 Å². The van der Waals surface area contributed by atoms with Crippen LogP contribution in [0, 0.1) is 6.92 Å². The molecule has 0 heterocycles. The van der Waals surface area contributed by atoms with E-state index in [2.05, 4.69) is 5.32 Å². The Kier molecular flexibility index (Phi) is 3.01. The molecule has 1 amide bonds. The Bertz CT molecular complexity index is 491. The van der Waals surface area contributed by atoms with Gasteiger partial charge in [-0.05, 0) is 18.1 Å². The molecule has 0 aliphatic carbocycles. The Morgan fingerprint density at radius 2 is 1.75 bits per heavy atom. The fourth-order valence-electron chi connectivity index (χ4n) is 1.78. The third-order valence-electron chi connectivity index (χ3n) is 2.56. The maximum absolute atomic E-state index is 10.6. The van der Waals surface area contributed by atoms with Gasteiger partial charge < -0.3 is 5.32 Å². The lowest BCUT2D eigenvalue weighted by Gasteiger charge is -2.11. The van der Waals surface area contributed by atoms with E-state index >= 15 is 0 Å². The molecule has 0 spiro atoms. The van der Waals surface area contributed by atoms with Crippen LogP contribution in [0.5, 0.6) is 0 Å². The van der Waals surface area contributed by atoms with Gasteiger partial charge in [-0.2, -0.15) is 0 Å². The lowest BCUT2D eigenvalue weighted by molar-refractivity contribution is -0.105. The molecule has 1 N–H and O–H groups in total. The van der Waals surface area contributed by atoms with Crippen LogP contribution in [0.25, 0.3) is 11.1 Å². The molecule has 2 heteroatoms. The molecule has 0 fully saturated rings. The van der Waals surface area contributed by atoms with Gasteiger partial charge in [0, 0.05) is 5.56 Å². The molecular weight excluding hydrogens is 198 g/mol. The van der Waals surface area contributed by atoms with Crippen molar-refractivity contribution >= 4 is 12.1 Å². The molecule has 80 valence electrons. The highest BCUT2D eigenvalue weighted by molar-refractivity contribution is 5.87. The minimum atomic E-state index is 0.717. The average Bonchev–Trinajstić information content (AvgIpc) is 2.33. The van der Waals surface area contributed by atoms with Crippen molar-refractivity contribution in [1.29, 1.82) is 0 Å². The Hall–Kier alpha value is -2.09. The third kappa shape index (κ3) is 1.96. The summed E-state index contributed by atoms with van der Waals surface area (Å²) in [6.45, 7) is 1.98. The SMILES string of the molecule is Cc1cccc(-c2ccccc2)c1NC=O. The van der Waals surface area contributed by atoms with Crippen molar-refractivity contribution in [3.05, 3.63) is 54.1 Å². The molecule has 0 radical (unpaired) electrons. The quantitative estimate of drug-likeness (QED) is 0.776. The van der Waals surface area contributed by atoms with Crippen molar-refractivity contribution in [3.63, 3.8) is 0 Å². The summed E-state index contributed by atoms with van der Waals surface area (Å²) in [5.41, 5.74) is 4.10. The van der Waals surface area contributed by atoms with Gasteiger partial charge in [-0.25, -0.2) is 0 Å². The van der Waals surface area contributed by atoms with Crippen molar-refractivity contribution in [2.45, 2.75) is 6.92 Å². The Labute approximate surface area is 94.9 Å². The maximum Gasteiger partial charge on any atom is 0.211 e. The number of nitrogens with one attached hydrogen (secondary N) is 1. The van der Waals surface area contributed by atoms with Gasteiger partial charge in [0.2, 0.25) is 6.41 Å². The highest BCUT2D eigenvalue weighted by Crippen LogP contribution is 2.29. The molecule has 0 saturated carbocycles. The second-order valence-corrected chi connectivity index (χ2v) is 3.63. The minimum Gasteiger partial charge on any atom is -0.328 e. The van der Waals surface area contributed by atoms with Gasteiger partial charge in [0.25, 0.3) is 0 Å². The van der Waals surface area contributed by atoms with Crippen LogP contribution in [0.15, 0.2) is 48.5 Å². The van der Waals surface area contributed by atoms with Gasteiger partial charge in [0.1, 0.15) is 0 Å². The molecule has 16 heavy (non-hydrogen) atoms. The van der Waals surface area contributed by atoms with Crippen molar-refractivity contribution < 1.29 is 4.79 Å². The van der Waals surface area contributed by atoms with E-state index in [0.717, 1.165) is 28.8 Å². The maximum atomic E-state index is 10.6. The molecule has 0 bridgehead atoms. The number of amides is 1. The van der Waals surface area contributed by atoms with Crippen LogP contribution in [0.3, 0.4) is 0 Å². The van der Waals surface area contributed by atoms with Crippen molar-refractivity contribution in [2.24, 2.45) is 0 Å². The van der Waals surface area contributed by atoms with E-state index in [-0.39, 0.29) is 0 Å². The molecule has 0 aromatic heterocycles. The first-order valence-corrected chi connectivity index (χ1v) is 5.18. The summed E-state index contributed by atoms with van der Waals surface area (Å²) in [6, 6.07) is 16.0. The van der Waals surface area contributed by atoms with E-state index in [9.17, 15) is 4.79 Å². The molecule has 2 aromatic rings. The minimum absolute atomic E-state index is 0.717. The van der Waals surface area contributed by atoms with Crippen LogP contribution >= 0.6 is 0 Å². The molecule has 0 saturated heterocycles. The standard InChI is InChI=1S/C14H13NO/c1-11-6-5-9-13(14(11)15-10-16)12-7-3-2-4-8-12/h2-10H,1H3,(H,15,16). The summed E-state index contributed by atoms with van der Waals surface area (Å²) in [6.07, 6.45) is 0.717. The highest BCUT2D eigenvalue weighted by atomic mass is 16.1. The number of hydrogen-bond donors (Lipinski definition) is 1. The Morgan fingerprint density at radius 3 is 2.44 bits per heavy atom. The lowest BCUT2D eigenvalue weighted by atomic mass is 10.0. The van der Waals surface area contributed by atoms with Crippen LogP contribution < -0.4 is 5.32 Å². The predicted molar refractivity (Wildman–Crippen MR) is 66.3 cm³/mol. The van der Waals surface area contributed by atoms with Gasteiger partial charge >= 0.3 is 0 Å². The van der Waals surface area contributed by atoms with E-state index in [1.165, 1.54) is 0 Å². The topological polar surface area (TPSA) is 29.1 Å². The lowest BCUT2D eigenvalue weighted by Crippen LogP contribution is -1.98. The summed E-state index contributed by atoms with van der Waals surface area (Å²) in [7, 11) is 0. The monoisotopic (exact) mass is 211 g/mol. The molecule has 0 unspecified atom stereocenters. The first-order valence-electron chi connectivity index (χ1n) is 5.18. The molecular formula is C14H13NO. The third-order valence-corrected chi connectivity index (χ3v) is 2.56. The zero-order valence-electron chi connectivity index (χ0n) is 9.10. The van der Waals surface area contributed by atoms with E-state index in [1.54, 1.807) is 0 Å². The number of anilines is 1.